The van der Waals surface area contributed by atoms with Crippen molar-refractivity contribution < 1.29 is 13.2 Å². The highest BCUT2D eigenvalue weighted by atomic mass is 32.2. The smallest absolute Gasteiger partial charge is 0.233 e. The molecule has 8 nitrogen and oxygen atoms in total. The second-order valence-electron chi connectivity index (χ2n) is 5.07. The molecule has 3 rings (SSSR count). The molecule has 118 valence electrons. The molecule has 2 aromatic rings. The minimum Gasteiger partial charge on any atom is -0.488 e. The van der Waals surface area contributed by atoms with Crippen molar-refractivity contribution in [3.05, 3.63) is 30.4 Å². The van der Waals surface area contributed by atoms with Gasteiger partial charge in [-0.05, 0) is 12.1 Å². The van der Waals surface area contributed by atoms with Crippen LogP contribution in [0.2, 0.25) is 0 Å². The molecule has 0 saturated heterocycles. The second-order valence-corrected chi connectivity index (χ2v) is 7.08. The summed E-state index contributed by atoms with van der Waals surface area (Å²) >= 11 is 0. The third-order valence-electron chi connectivity index (χ3n) is 3.48. The van der Waals surface area contributed by atoms with Gasteiger partial charge in [-0.25, -0.2) is 18.4 Å². The largest absolute Gasteiger partial charge is 0.488 e. The summed E-state index contributed by atoms with van der Waals surface area (Å²) in [6.45, 7) is 1.84. The first-order valence-corrected chi connectivity index (χ1v) is 8.60. The maximum Gasteiger partial charge on any atom is 0.233 e. The van der Waals surface area contributed by atoms with Crippen LogP contribution < -0.4 is 13.9 Å². The van der Waals surface area contributed by atoms with Crippen LogP contribution in [0.1, 0.15) is 5.69 Å². The summed E-state index contributed by atoms with van der Waals surface area (Å²) in [5.74, 6) is 1.65. The number of fused-ring (bicyclic) bond motifs is 1. The van der Waals surface area contributed by atoms with Gasteiger partial charge in [-0.3, -0.25) is 4.31 Å². The number of hydrogen-bond donors (Lipinski definition) is 1. The number of rotatable bonds is 4. The quantitative estimate of drug-likeness (QED) is 0.886. The number of hydrogen-bond acceptors (Lipinski definition) is 6. The maximum atomic E-state index is 11.7. The van der Waals surface area contributed by atoms with Crippen LogP contribution in [0, 0.1) is 0 Å². The fourth-order valence-corrected chi connectivity index (χ4v) is 2.65. The van der Waals surface area contributed by atoms with E-state index in [-0.39, 0.29) is 0 Å². The Morgan fingerprint density at radius 2 is 2.27 bits per heavy atom. The van der Waals surface area contributed by atoms with Crippen LogP contribution in [0.15, 0.2) is 24.7 Å². The van der Waals surface area contributed by atoms with E-state index in [1.165, 1.54) is 7.05 Å². The molecule has 0 aliphatic carbocycles. The third kappa shape index (κ3) is 2.84. The number of imidazole rings is 1. The van der Waals surface area contributed by atoms with E-state index >= 15 is 0 Å². The molecule has 0 aromatic carbocycles. The Kier molecular flexibility index (Phi) is 3.65. The van der Waals surface area contributed by atoms with Crippen LogP contribution in [0.25, 0.3) is 0 Å². The Labute approximate surface area is 128 Å². The summed E-state index contributed by atoms with van der Waals surface area (Å²) in [6.07, 6.45) is 4.52. The topological polar surface area (TPSA) is 91.4 Å². The molecule has 9 heteroatoms. The van der Waals surface area contributed by atoms with Gasteiger partial charge in [-0.15, -0.1) is 0 Å². The first kappa shape index (κ1) is 14.6. The fourth-order valence-electron chi connectivity index (χ4n) is 2.21. The highest BCUT2D eigenvalue weighted by Gasteiger charge is 2.23. The predicted octanol–water partition coefficient (Wildman–Crippen LogP) is 0.599. The molecule has 0 atom stereocenters. The average molecular weight is 323 g/mol. The molecule has 2 aromatic heterocycles. The number of aromatic nitrogens is 3. The minimum atomic E-state index is -3.35. The summed E-state index contributed by atoms with van der Waals surface area (Å²) in [5, 5.41) is 0. The molecular formula is C13H17N5O3S. The molecular weight excluding hydrogens is 306 g/mol. The molecule has 1 N–H and O–H groups in total. The summed E-state index contributed by atoms with van der Waals surface area (Å²) < 4.78 is 30.1. The first-order valence-electron chi connectivity index (χ1n) is 6.75. The Bertz CT molecular complexity index is 760. The lowest BCUT2D eigenvalue weighted by molar-refractivity contribution is 0.304. The lowest BCUT2D eigenvalue weighted by Gasteiger charge is -2.30. The van der Waals surface area contributed by atoms with E-state index < -0.39 is 10.0 Å². The Morgan fingerprint density at radius 1 is 1.45 bits per heavy atom. The van der Waals surface area contributed by atoms with Gasteiger partial charge in [0, 0.05) is 13.2 Å². The van der Waals surface area contributed by atoms with Crippen molar-refractivity contribution in [1.82, 2.24) is 15.0 Å². The van der Waals surface area contributed by atoms with Crippen molar-refractivity contribution in [3.8, 4) is 5.75 Å². The Morgan fingerprint density at radius 3 is 2.95 bits per heavy atom. The Balaban J connectivity index is 1.94. The van der Waals surface area contributed by atoms with E-state index in [2.05, 4.69) is 15.0 Å². The van der Waals surface area contributed by atoms with Crippen LogP contribution >= 0.6 is 0 Å². The number of nitrogens with one attached hydrogen (secondary N) is 1. The number of sulfonamides is 1. The van der Waals surface area contributed by atoms with Gasteiger partial charge in [-0.1, -0.05) is 0 Å². The maximum absolute atomic E-state index is 11.7. The monoisotopic (exact) mass is 323 g/mol. The number of aromatic amines is 1. The van der Waals surface area contributed by atoms with Crippen LogP contribution in [0.4, 0.5) is 11.6 Å². The van der Waals surface area contributed by atoms with Crippen LogP contribution in [-0.4, -0.2) is 49.8 Å². The zero-order valence-corrected chi connectivity index (χ0v) is 13.2. The van der Waals surface area contributed by atoms with Gasteiger partial charge in [0.05, 0.1) is 31.4 Å². The van der Waals surface area contributed by atoms with Crippen molar-refractivity contribution in [3.63, 3.8) is 0 Å². The van der Waals surface area contributed by atoms with Crippen LogP contribution in [-0.2, 0) is 16.6 Å². The van der Waals surface area contributed by atoms with Gasteiger partial charge in [0.25, 0.3) is 0 Å². The molecule has 22 heavy (non-hydrogen) atoms. The molecule has 0 saturated carbocycles. The number of nitrogens with zero attached hydrogens (tertiary/aromatic N) is 4. The fraction of sp³-hybridized carbons (Fsp3) is 0.385. The molecule has 0 spiro atoms. The molecule has 3 heterocycles. The summed E-state index contributed by atoms with van der Waals surface area (Å²) in [6, 6.07) is 3.39. The van der Waals surface area contributed by atoms with Crippen molar-refractivity contribution in [2.75, 3.05) is 35.7 Å². The van der Waals surface area contributed by atoms with Crippen molar-refractivity contribution in [1.29, 1.82) is 0 Å². The zero-order valence-electron chi connectivity index (χ0n) is 12.4. The average Bonchev–Trinajstić information content (AvgIpc) is 2.98. The standard InChI is InChI=1S/C13H17N5O3S/c1-17(22(2,19)20)12-4-3-11-13(16-12)18(5-6-21-11)8-10-7-14-9-15-10/h3-4,7,9H,5-6,8H2,1-2H3,(H,14,15). The zero-order chi connectivity index (χ0) is 15.7. The second kappa shape index (κ2) is 5.48. The number of anilines is 2. The molecule has 0 bridgehead atoms. The van der Waals surface area contributed by atoms with Gasteiger partial charge in [0.2, 0.25) is 10.0 Å². The molecule has 0 radical (unpaired) electrons. The summed E-state index contributed by atoms with van der Waals surface area (Å²) in [5.41, 5.74) is 0.955. The highest BCUT2D eigenvalue weighted by molar-refractivity contribution is 7.92. The van der Waals surface area contributed by atoms with E-state index in [0.717, 1.165) is 16.3 Å². The van der Waals surface area contributed by atoms with Gasteiger partial charge >= 0.3 is 0 Å². The van der Waals surface area contributed by atoms with Gasteiger partial charge in [0.15, 0.2) is 11.6 Å². The summed E-state index contributed by atoms with van der Waals surface area (Å²) in [7, 11) is -1.88. The number of pyridine rings is 1. The molecule has 0 amide bonds. The van der Waals surface area contributed by atoms with Gasteiger partial charge in [-0.2, -0.15) is 0 Å². The first-order chi connectivity index (χ1) is 10.4. The number of ether oxygens (including phenoxy) is 1. The lowest BCUT2D eigenvalue weighted by atomic mass is 10.3. The van der Waals surface area contributed by atoms with E-state index in [1.54, 1.807) is 24.7 Å². The summed E-state index contributed by atoms with van der Waals surface area (Å²) in [4.78, 5) is 13.5. The van der Waals surface area contributed by atoms with Crippen molar-refractivity contribution in [2.45, 2.75) is 6.54 Å². The van der Waals surface area contributed by atoms with Crippen LogP contribution in [0.5, 0.6) is 5.75 Å². The van der Waals surface area contributed by atoms with E-state index in [4.69, 9.17) is 4.74 Å². The van der Waals surface area contributed by atoms with Gasteiger partial charge in [0.1, 0.15) is 12.4 Å². The van der Waals surface area contributed by atoms with Crippen molar-refractivity contribution >= 4 is 21.7 Å². The molecule has 1 aliphatic rings. The Hall–Kier alpha value is -2.29. The van der Waals surface area contributed by atoms with E-state index in [0.29, 0.717) is 37.1 Å². The third-order valence-corrected chi connectivity index (χ3v) is 4.66. The molecule has 0 unspecified atom stereocenters. The normalized spacial score (nSPS) is 14.4. The van der Waals surface area contributed by atoms with Crippen molar-refractivity contribution in [2.24, 2.45) is 0 Å². The SMILES string of the molecule is CN(c1ccc2c(n1)N(Cc1cnc[nH]1)CCO2)S(C)(=O)=O. The lowest BCUT2D eigenvalue weighted by Crippen LogP contribution is -2.34. The highest BCUT2D eigenvalue weighted by Crippen LogP contribution is 2.32. The van der Waals surface area contributed by atoms with Gasteiger partial charge < -0.3 is 14.6 Å². The molecule has 0 fully saturated rings. The van der Waals surface area contributed by atoms with Crippen LogP contribution in [0.3, 0.4) is 0 Å². The van der Waals surface area contributed by atoms with E-state index in [9.17, 15) is 8.42 Å². The number of H-pyrrole nitrogens is 1. The van der Waals surface area contributed by atoms with E-state index in [1.807, 2.05) is 4.90 Å². The molecule has 1 aliphatic heterocycles. The minimum absolute atomic E-state index is 0.362. The predicted molar refractivity (Wildman–Crippen MR) is 82.6 cm³/mol.